The van der Waals surface area contributed by atoms with Crippen molar-refractivity contribution in [2.45, 2.75) is 24.3 Å². The van der Waals surface area contributed by atoms with Gasteiger partial charge in [0, 0.05) is 17.1 Å². The van der Waals surface area contributed by atoms with Gasteiger partial charge in [0.1, 0.15) is 11.9 Å². The van der Waals surface area contributed by atoms with Gasteiger partial charge >= 0.3 is 5.97 Å². The molecule has 110 valence electrons. The van der Waals surface area contributed by atoms with Gasteiger partial charge in [-0.2, -0.15) is 0 Å². The zero-order valence-corrected chi connectivity index (χ0v) is 12.1. The molecule has 0 aromatic heterocycles. The molecule has 1 atom stereocenters. The molecule has 20 heavy (non-hydrogen) atoms. The number of benzene rings is 1. The second-order valence-electron chi connectivity index (χ2n) is 4.41. The molecule has 1 aliphatic rings. The highest BCUT2D eigenvalue weighted by molar-refractivity contribution is 8.13. The topological polar surface area (TPSA) is 69.7 Å². The van der Waals surface area contributed by atoms with Crippen LogP contribution in [0.3, 0.4) is 0 Å². The summed E-state index contributed by atoms with van der Waals surface area (Å²) in [7, 11) is 1.08. The third kappa shape index (κ3) is 3.28. The van der Waals surface area contributed by atoms with E-state index in [2.05, 4.69) is 0 Å². The summed E-state index contributed by atoms with van der Waals surface area (Å²) in [5.41, 5.74) is -0.0959. The van der Waals surface area contributed by atoms with Gasteiger partial charge in [-0.1, -0.05) is 0 Å². The lowest BCUT2D eigenvalue weighted by Gasteiger charge is -2.13. The van der Waals surface area contributed by atoms with Gasteiger partial charge in [-0.25, -0.2) is 17.6 Å². The van der Waals surface area contributed by atoms with E-state index in [-0.39, 0.29) is 17.7 Å². The number of hydrogen-bond donors (Lipinski definition) is 0. The Kier molecular flexibility index (Phi) is 4.31. The van der Waals surface area contributed by atoms with E-state index in [1.807, 2.05) is 0 Å². The molecule has 1 heterocycles. The summed E-state index contributed by atoms with van der Waals surface area (Å²) < 4.78 is 46.4. The minimum Gasteiger partial charge on any atom is -0.456 e. The zero-order valence-electron chi connectivity index (χ0n) is 10.6. The first-order valence-corrected chi connectivity index (χ1v) is 8.13. The summed E-state index contributed by atoms with van der Waals surface area (Å²) in [6.07, 6.45) is 0.155. The molecule has 8 heteroatoms. The second kappa shape index (κ2) is 5.67. The van der Waals surface area contributed by atoms with Crippen LogP contribution in [0.25, 0.3) is 0 Å². The molecule has 2 rings (SSSR count). The Labute approximate surface area is 120 Å². The third-order valence-electron chi connectivity index (χ3n) is 2.97. The molecule has 0 bridgehead atoms. The van der Waals surface area contributed by atoms with E-state index in [0.717, 1.165) is 12.1 Å². The molecule has 1 aliphatic heterocycles. The van der Waals surface area contributed by atoms with Crippen molar-refractivity contribution >= 4 is 25.7 Å². The Morgan fingerprint density at radius 3 is 2.75 bits per heavy atom. The van der Waals surface area contributed by atoms with Crippen LogP contribution >= 0.6 is 10.7 Å². The molecule has 0 aliphatic carbocycles. The Hall–Kier alpha value is -1.18. The first-order chi connectivity index (χ1) is 9.29. The monoisotopic (exact) mass is 322 g/mol. The Morgan fingerprint density at radius 2 is 2.20 bits per heavy atom. The predicted molar refractivity (Wildman–Crippen MR) is 68.8 cm³/mol. The van der Waals surface area contributed by atoms with E-state index >= 15 is 0 Å². The smallest absolute Gasteiger partial charge is 0.338 e. The second-order valence-corrected chi connectivity index (χ2v) is 6.94. The maximum Gasteiger partial charge on any atom is 0.338 e. The number of ether oxygens (including phenoxy) is 2. The number of carbonyl (C=O) groups excluding carboxylic acids is 1. The van der Waals surface area contributed by atoms with Crippen LogP contribution in [0.15, 0.2) is 17.0 Å². The lowest BCUT2D eigenvalue weighted by Crippen LogP contribution is -2.19. The van der Waals surface area contributed by atoms with Gasteiger partial charge in [-0.15, -0.1) is 0 Å². The molecule has 1 unspecified atom stereocenters. The van der Waals surface area contributed by atoms with Crippen LogP contribution in [0.1, 0.15) is 22.3 Å². The summed E-state index contributed by atoms with van der Waals surface area (Å²) in [4.78, 5) is 11.5. The molecule has 1 aromatic carbocycles. The van der Waals surface area contributed by atoms with E-state index in [1.165, 1.54) is 6.92 Å². The van der Waals surface area contributed by atoms with Crippen molar-refractivity contribution in [1.82, 2.24) is 0 Å². The molecule has 0 radical (unpaired) electrons. The average molecular weight is 323 g/mol. The van der Waals surface area contributed by atoms with Gasteiger partial charge < -0.3 is 9.47 Å². The summed E-state index contributed by atoms with van der Waals surface area (Å²) in [5.74, 6) is -1.66. The van der Waals surface area contributed by atoms with Crippen molar-refractivity contribution in [3.05, 3.63) is 29.1 Å². The highest BCUT2D eigenvalue weighted by Crippen LogP contribution is 2.25. The van der Waals surface area contributed by atoms with Crippen LogP contribution in [0.5, 0.6) is 0 Å². The van der Waals surface area contributed by atoms with Crippen LogP contribution in [-0.4, -0.2) is 33.7 Å². The Balaban J connectivity index is 2.36. The van der Waals surface area contributed by atoms with E-state index in [4.69, 9.17) is 20.2 Å². The summed E-state index contributed by atoms with van der Waals surface area (Å²) in [5, 5.41) is 0. The number of rotatable bonds is 3. The molecule has 1 aromatic rings. The van der Waals surface area contributed by atoms with Crippen LogP contribution in [0.4, 0.5) is 4.39 Å². The van der Waals surface area contributed by atoms with E-state index in [1.54, 1.807) is 0 Å². The fourth-order valence-electron chi connectivity index (χ4n) is 1.94. The first kappa shape index (κ1) is 15.2. The van der Waals surface area contributed by atoms with Gasteiger partial charge in [0.2, 0.25) is 0 Å². The molecular formula is C12H12ClFO5S. The van der Waals surface area contributed by atoms with Gasteiger partial charge in [-0.05, 0) is 24.6 Å². The minimum absolute atomic E-state index is 0.0605. The number of halogens is 2. The van der Waals surface area contributed by atoms with Crippen molar-refractivity contribution in [2.75, 3.05) is 13.2 Å². The maximum absolute atomic E-state index is 13.5. The minimum atomic E-state index is -4.14. The van der Waals surface area contributed by atoms with Crippen molar-refractivity contribution in [3.8, 4) is 0 Å². The number of hydrogen-bond acceptors (Lipinski definition) is 5. The quantitative estimate of drug-likeness (QED) is 0.629. The van der Waals surface area contributed by atoms with Crippen molar-refractivity contribution in [1.29, 1.82) is 0 Å². The lowest BCUT2D eigenvalue weighted by molar-refractivity contribution is 0.0269. The van der Waals surface area contributed by atoms with Crippen LogP contribution in [0.2, 0.25) is 0 Å². The van der Waals surface area contributed by atoms with Gasteiger partial charge in [0.25, 0.3) is 9.05 Å². The van der Waals surface area contributed by atoms with Crippen molar-refractivity contribution in [2.24, 2.45) is 0 Å². The van der Waals surface area contributed by atoms with E-state index in [0.29, 0.717) is 13.0 Å². The first-order valence-electron chi connectivity index (χ1n) is 5.82. The fourth-order valence-corrected chi connectivity index (χ4v) is 3.15. The maximum atomic E-state index is 13.5. The normalized spacial score (nSPS) is 19.1. The molecule has 0 amide bonds. The molecule has 0 saturated carbocycles. The SMILES string of the molecule is Cc1c(C(=O)OC2CCOC2)cc(F)cc1S(=O)(=O)Cl. The molecule has 5 nitrogen and oxygen atoms in total. The largest absolute Gasteiger partial charge is 0.456 e. The number of esters is 1. The summed E-state index contributed by atoms with van der Waals surface area (Å²) >= 11 is 0. The summed E-state index contributed by atoms with van der Waals surface area (Å²) in [6.45, 7) is 2.14. The molecular weight excluding hydrogens is 311 g/mol. The van der Waals surface area contributed by atoms with Crippen LogP contribution in [-0.2, 0) is 18.5 Å². The Morgan fingerprint density at radius 1 is 1.50 bits per heavy atom. The van der Waals surface area contributed by atoms with Crippen LogP contribution in [0, 0.1) is 12.7 Å². The fraction of sp³-hybridized carbons (Fsp3) is 0.417. The molecule has 0 spiro atoms. The third-order valence-corrected chi connectivity index (χ3v) is 4.42. The lowest BCUT2D eigenvalue weighted by atomic mass is 10.1. The Bertz CT molecular complexity index is 637. The highest BCUT2D eigenvalue weighted by atomic mass is 35.7. The van der Waals surface area contributed by atoms with Gasteiger partial charge in [0.05, 0.1) is 23.7 Å². The van der Waals surface area contributed by atoms with Gasteiger partial charge in [0.15, 0.2) is 0 Å². The van der Waals surface area contributed by atoms with E-state index in [9.17, 15) is 17.6 Å². The molecule has 1 saturated heterocycles. The molecule has 0 N–H and O–H groups in total. The number of carbonyl (C=O) groups is 1. The zero-order chi connectivity index (χ0) is 14.9. The average Bonchev–Trinajstić information content (AvgIpc) is 2.83. The van der Waals surface area contributed by atoms with Crippen molar-refractivity contribution < 1.29 is 27.1 Å². The van der Waals surface area contributed by atoms with Gasteiger partial charge in [-0.3, -0.25) is 0 Å². The standard InChI is InChI=1S/C12H12ClFO5S/c1-7-10(12(15)19-9-2-3-18-6-9)4-8(14)5-11(7)20(13,16)17/h4-5,9H,2-3,6H2,1H3. The summed E-state index contributed by atoms with van der Waals surface area (Å²) in [6, 6.07) is 1.70. The predicted octanol–water partition coefficient (Wildman–Crippen LogP) is 2.01. The highest BCUT2D eigenvalue weighted by Gasteiger charge is 2.25. The van der Waals surface area contributed by atoms with E-state index < -0.39 is 31.8 Å². The van der Waals surface area contributed by atoms with Crippen molar-refractivity contribution in [3.63, 3.8) is 0 Å². The van der Waals surface area contributed by atoms with Crippen LogP contribution < -0.4 is 0 Å². The molecule has 1 fully saturated rings.